The first-order chi connectivity index (χ1) is 18.8. The van der Waals surface area contributed by atoms with Crippen LogP contribution < -0.4 is 20.7 Å². The van der Waals surface area contributed by atoms with Crippen molar-refractivity contribution in [3.8, 4) is 17.5 Å². The molecule has 14 heteroatoms. The van der Waals surface area contributed by atoms with Gasteiger partial charge in [0.15, 0.2) is 11.5 Å². The van der Waals surface area contributed by atoms with E-state index >= 15 is 0 Å². The molecule has 12 nitrogen and oxygen atoms in total. The number of piperidine rings is 1. The van der Waals surface area contributed by atoms with Crippen molar-refractivity contribution in [2.75, 3.05) is 51.0 Å². The number of anilines is 2. The molecule has 5 rings (SSSR count). The van der Waals surface area contributed by atoms with Crippen LogP contribution in [0, 0.1) is 11.3 Å². The van der Waals surface area contributed by atoms with Crippen molar-refractivity contribution in [2.24, 2.45) is 0 Å². The average Bonchev–Trinajstić information content (AvgIpc) is 3.50. The number of carbonyl (C=O) groups is 1. The number of thiophene rings is 1. The summed E-state index contributed by atoms with van der Waals surface area (Å²) in [6, 6.07) is 6.94. The number of hydrogen-bond acceptors (Lipinski definition) is 11. The number of nitrogens with two attached hydrogens (primary N) is 1. The molecule has 1 atom stereocenters. The Hall–Kier alpha value is -3.99. The van der Waals surface area contributed by atoms with Gasteiger partial charge in [0.1, 0.15) is 46.5 Å². The number of pyridine rings is 1. The van der Waals surface area contributed by atoms with E-state index in [2.05, 4.69) is 25.2 Å². The molecule has 0 saturated carbocycles. The Morgan fingerprint density at radius 3 is 2.95 bits per heavy atom. The predicted octanol–water partition coefficient (Wildman–Crippen LogP) is 2.72. The van der Waals surface area contributed by atoms with Gasteiger partial charge in [0, 0.05) is 31.7 Å². The van der Waals surface area contributed by atoms with Gasteiger partial charge in [0.2, 0.25) is 0 Å². The summed E-state index contributed by atoms with van der Waals surface area (Å²) in [5, 5.41) is 17.7. The number of amides is 1. The van der Waals surface area contributed by atoms with Gasteiger partial charge in [-0.1, -0.05) is 11.6 Å². The van der Waals surface area contributed by atoms with Crippen LogP contribution in [0.3, 0.4) is 0 Å². The number of hydrogen-bond donors (Lipinski definition) is 2. The number of fused-ring (bicyclic) bond motifs is 1. The second-order valence-corrected chi connectivity index (χ2v) is 11.0. The van der Waals surface area contributed by atoms with Crippen LogP contribution in [0.1, 0.15) is 28.2 Å². The molecule has 39 heavy (non-hydrogen) atoms. The molecule has 1 aliphatic rings. The van der Waals surface area contributed by atoms with Crippen molar-refractivity contribution in [3.05, 3.63) is 45.6 Å². The second-order valence-electron chi connectivity index (χ2n) is 9.36. The van der Waals surface area contributed by atoms with Gasteiger partial charge in [0.25, 0.3) is 5.91 Å². The molecule has 1 amide bonds. The molecule has 1 fully saturated rings. The molecule has 4 aromatic heterocycles. The second kappa shape index (κ2) is 11.4. The topological polar surface area (TPSA) is 151 Å². The highest BCUT2D eigenvalue weighted by Gasteiger charge is 2.28. The predicted molar refractivity (Wildman–Crippen MR) is 150 cm³/mol. The molecular weight excluding hydrogens is 540 g/mol. The molecule has 0 unspecified atom stereocenters. The lowest BCUT2D eigenvalue weighted by Crippen LogP contribution is -2.48. The van der Waals surface area contributed by atoms with Crippen molar-refractivity contribution >= 4 is 51.5 Å². The van der Waals surface area contributed by atoms with E-state index in [0.717, 1.165) is 25.9 Å². The molecule has 0 radical (unpaired) electrons. The molecule has 0 aromatic carbocycles. The molecule has 1 aliphatic heterocycles. The highest BCUT2D eigenvalue weighted by atomic mass is 35.5. The highest BCUT2D eigenvalue weighted by Crippen LogP contribution is 2.34. The number of halogens is 1. The fourth-order valence-corrected chi connectivity index (χ4v) is 5.48. The zero-order valence-electron chi connectivity index (χ0n) is 21.5. The number of ether oxygens (including phenoxy) is 1. The summed E-state index contributed by atoms with van der Waals surface area (Å²) in [6.45, 7) is 2.42. The van der Waals surface area contributed by atoms with Gasteiger partial charge >= 0.3 is 0 Å². The van der Waals surface area contributed by atoms with E-state index < -0.39 is 0 Å². The van der Waals surface area contributed by atoms with Crippen LogP contribution in [0.15, 0.2) is 30.7 Å². The molecule has 1 saturated heterocycles. The van der Waals surface area contributed by atoms with Crippen LogP contribution in [0.25, 0.3) is 16.7 Å². The lowest BCUT2D eigenvalue weighted by molar-refractivity contribution is 0.0933. The number of nitrogens with zero attached hydrogens (tertiary/aromatic N) is 8. The summed E-state index contributed by atoms with van der Waals surface area (Å²) in [6.07, 6.45) is 4.60. The lowest BCUT2D eigenvalue weighted by Gasteiger charge is -2.33. The molecule has 5 heterocycles. The molecule has 202 valence electrons. The Balaban J connectivity index is 1.37. The Bertz CT molecular complexity index is 1530. The number of likely N-dealkylation sites (N-methyl/N-ethyl adjacent to an activating group) is 1. The summed E-state index contributed by atoms with van der Waals surface area (Å²) < 4.78 is 7.98. The van der Waals surface area contributed by atoms with E-state index in [1.54, 1.807) is 29.1 Å². The Labute approximate surface area is 234 Å². The minimum absolute atomic E-state index is 0.135. The van der Waals surface area contributed by atoms with Crippen LogP contribution in [0.2, 0.25) is 4.34 Å². The van der Waals surface area contributed by atoms with Crippen LogP contribution in [0.5, 0.6) is 5.75 Å². The molecule has 0 spiro atoms. The molecular formula is C25H27ClN10O2S. The lowest BCUT2D eigenvalue weighted by atomic mass is 10.1. The maximum absolute atomic E-state index is 13.2. The SMILES string of the molecule is CN(C)CCOc1cc(Cl)sc1C(=O)N[C@@H]1CCCN(c2nn(-c3ccc(C#N)nc3)c3ncnc(N)c23)C1. The van der Waals surface area contributed by atoms with Gasteiger partial charge in [-0.25, -0.2) is 19.6 Å². The van der Waals surface area contributed by atoms with E-state index in [1.807, 2.05) is 25.1 Å². The van der Waals surface area contributed by atoms with Crippen LogP contribution in [0.4, 0.5) is 11.6 Å². The van der Waals surface area contributed by atoms with E-state index in [9.17, 15) is 4.79 Å². The maximum atomic E-state index is 13.2. The monoisotopic (exact) mass is 566 g/mol. The summed E-state index contributed by atoms with van der Waals surface area (Å²) >= 11 is 7.42. The van der Waals surface area contributed by atoms with Gasteiger partial charge in [-0.2, -0.15) is 5.26 Å². The van der Waals surface area contributed by atoms with Crippen molar-refractivity contribution in [2.45, 2.75) is 18.9 Å². The van der Waals surface area contributed by atoms with E-state index in [4.69, 9.17) is 32.4 Å². The minimum atomic E-state index is -0.222. The third kappa shape index (κ3) is 5.73. The van der Waals surface area contributed by atoms with Crippen LogP contribution in [-0.2, 0) is 0 Å². The summed E-state index contributed by atoms with van der Waals surface area (Å²) in [4.78, 5) is 30.5. The summed E-state index contributed by atoms with van der Waals surface area (Å²) in [5.41, 5.74) is 7.76. The van der Waals surface area contributed by atoms with Crippen LogP contribution >= 0.6 is 22.9 Å². The fourth-order valence-electron chi connectivity index (χ4n) is 4.42. The van der Waals surface area contributed by atoms with Crippen molar-refractivity contribution < 1.29 is 9.53 Å². The molecule has 0 bridgehead atoms. The van der Waals surface area contributed by atoms with E-state index in [0.29, 0.717) is 62.2 Å². The number of nitriles is 1. The fraction of sp³-hybridized carbons (Fsp3) is 0.360. The van der Waals surface area contributed by atoms with Gasteiger partial charge in [-0.05, 0) is 39.1 Å². The number of nitrogens with one attached hydrogen (secondary N) is 1. The van der Waals surface area contributed by atoms with E-state index in [-0.39, 0.29) is 11.9 Å². The van der Waals surface area contributed by atoms with Gasteiger partial charge in [-0.3, -0.25) is 4.79 Å². The number of rotatable bonds is 8. The molecule has 0 aliphatic carbocycles. The molecule has 3 N–H and O–H groups in total. The van der Waals surface area contributed by atoms with Crippen LogP contribution in [-0.4, -0.2) is 81.9 Å². The Morgan fingerprint density at radius 1 is 1.36 bits per heavy atom. The third-order valence-corrected chi connectivity index (χ3v) is 7.55. The quantitative estimate of drug-likeness (QED) is 0.325. The Kier molecular flexibility index (Phi) is 7.78. The maximum Gasteiger partial charge on any atom is 0.265 e. The van der Waals surface area contributed by atoms with Gasteiger partial charge in [-0.15, -0.1) is 16.4 Å². The summed E-state index contributed by atoms with van der Waals surface area (Å²) in [5.74, 6) is 1.20. The van der Waals surface area contributed by atoms with Crippen molar-refractivity contribution in [3.63, 3.8) is 0 Å². The summed E-state index contributed by atoms with van der Waals surface area (Å²) in [7, 11) is 3.92. The van der Waals surface area contributed by atoms with E-state index in [1.165, 1.54) is 17.7 Å². The highest BCUT2D eigenvalue weighted by molar-refractivity contribution is 7.18. The zero-order valence-corrected chi connectivity index (χ0v) is 23.0. The largest absolute Gasteiger partial charge is 0.490 e. The van der Waals surface area contributed by atoms with Crippen molar-refractivity contribution in [1.82, 2.24) is 34.9 Å². The van der Waals surface area contributed by atoms with Gasteiger partial charge in [0.05, 0.1) is 16.2 Å². The van der Waals surface area contributed by atoms with Crippen molar-refractivity contribution in [1.29, 1.82) is 5.26 Å². The third-order valence-electron chi connectivity index (χ3n) is 6.31. The first-order valence-electron chi connectivity index (χ1n) is 12.3. The number of nitrogen functional groups attached to an aromatic ring is 1. The smallest absolute Gasteiger partial charge is 0.265 e. The number of aromatic nitrogens is 5. The number of carbonyl (C=O) groups excluding carboxylic acids is 1. The molecule has 4 aromatic rings. The minimum Gasteiger partial charge on any atom is -0.490 e. The first kappa shape index (κ1) is 26.6. The zero-order chi connectivity index (χ0) is 27.5. The average molecular weight is 567 g/mol. The normalized spacial score (nSPS) is 15.5. The first-order valence-corrected chi connectivity index (χ1v) is 13.5. The standard InChI is InChI=1S/C25H27ClN10O2S/c1-34(2)8-9-38-18-10-19(26)39-21(18)25(37)32-16-4-3-7-35(13-16)24-20-22(28)30-14-31-23(20)36(33-24)17-6-5-15(11-27)29-12-17/h5-6,10,12,14,16H,3-4,7-9,13H2,1-2H3,(H,32,37)(H2,28,30,31)/t16-/m1/s1. The Morgan fingerprint density at radius 2 is 2.21 bits per heavy atom. The van der Waals surface area contributed by atoms with Gasteiger partial charge < -0.3 is 25.6 Å².